The number of hydrogen-bond acceptors (Lipinski definition) is 4. The summed E-state index contributed by atoms with van der Waals surface area (Å²) in [6.07, 6.45) is 7.20. The van der Waals surface area contributed by atoms with Crippen molar-refractivity contribution >= 4 is 33.3 Å². The first-order valence-corrected chi connectivity index (χ1v) is 7.35. The summed E-state index contributed by atoms with van der Waals surface area (Å²) in [7, 11) is 0. The first kappa shape index (κ1) is 14.0. The molecule has 0 bridgehead atoms. The first-order chi connectivity index (χ1) is 8.67. The molecule has 0 radical (unpaired) electrons. The van der Waals surface area contributed by atoms with Gasteiger partial charge >= 0.3 is 0 Å². The Labute approximate surface area is 120 Å². The highest BCUT2D eigenvalue weighted by molar-refractivity contribution is 9.10. The fraction of sp³-hybridized carbons (Fsp3) is 0.667. The van der Waals surface area contributed by atoms with E-state index in [1.807, 2.05) is 0 Å². The molecule has 1 saturated carbocycles. The molecule has 6 heteroatoms. The second-order valence-electron chi connectivity index (χ2n) is 4.90. The van der Waals surface area contributed by atoms with Crippen molar-refractivity contribution in [3.8, 4) is 0 Å². The molecule has 4 nitrogen and oxygen atoms in total. The van der Waals surface area contributed by atoms with Crippen LogP contribution < -0.4 is 5.32 Å². The van der Waals surface area contributed by atoms with Gasteiger partial charge in [-0.2, -0.15) is 0 Å². The molecule has 1 fully saturated rings. The van der Waals surface area contributed by atoms with Crippen LogP contribution in [0, 0.1) is 5.41 Å². The first-order valence-electron chi connectivity index (χ1n) is 6.18. The minimum Gasteiger partial charge on any atom is -0.396 e. The highest BCUT2D eigenvalue weighted by Gasteiger charge is 2.31. The van der Waals surface area contributed by atoms with Crippen molar-refractivity contribution in [2.45, 2.75) is 32.1 Å². The summed E-state index contributed by atoms with van der Waals surface area (Å²) in [6.45, 7) is 0.936. The molecule has 0 aliphatic heterocycles. The van der Waals surface area contributed by atoms with E-state index in [1.54, 1.807) is 0 Å². The third kappa shape index (κ3) is 3.13. The standard InChI is InChI=1S/C12H17BrClN3O/c13-9-10(14)16-8-17-11(9)15-6-12(7-18)4-2-1-3-5-12/h8,18H,1-7H2,(H,15,16,17). The van der Waals surface area contributed by atoms with Crippen molar-refractivity contribution in [1.29, 1.82) is 0 Å². The van der Waals surface area contributed by atoms with E-state index in [0.717, 1.165) is 19.4 Å². The summed E-state index contributed by atoms with van der Waals surface area (Å²) in [6, 6.07) is 0. The molecule has 2 N–H and O–H groups in total. The molecule has 0 spiro atoms. The highest BCUT2D eigenvalue weighted by Crippen LogP contribution is 2.36. The maximum Gasteiger partial charge on any atom is 0.148 e. The van der Waals surface area contributed by atoms with E-state index in [1.165, 1.54) is 25.6 Å². The van der Waals surface area contributed by atoms with Crippen molar-refractivity contribution in [1.82, 2.24) is 9.97 Å². The van der Waals surface area contributed by atoms with Crippen molar-refractivity contribution in [3.63, 3.8) is 0 Å². The van der Waals surface area contributed by atoms with Crippen molar-refractivity contribution in [2.75, 3.05) is 18.5 Å². The number of aliphatic hydroxyl groups excluding tert-OH is 1. The zero-order chi connectivity index (χ0) is 13.0. The minimum atomic E-state index is -0.0187. The van der Waals surface area contributed by atoms with Crippen LogP contribution >= 0.6 is 27.5 Å². The molecule has 0 amide bonds. The number of halogens is 2. The summed E-state index contributed by atoms with van der Waals surface area (Å²) in [5, 5.41) is 13.3. The molecule has 1 aromatic rings. The Hall–Kier alpha value is -0.390. The molecule has 0 aromatic carbocycles. The van der Waals surface area contributed by atoms with Gasteiger partial charge < -0.3 is 10.4 Å². The number of nitrogens with zero attached hydrogens (tertiary/aromatic N) is 2. The molecule has 1 aliphatic carbocycles. The maximum atomic E-state index is 9.63. The van der Waals surface area contributed by atoms with E-state index < -0.39 is 0 Å². The highest BCUT2D eigenvalue weighted by atomic mass is 79.9. The van der Waals surface area contributed by atoms with Crippen LogP contribution in [0.4, 0.5) is 5.82 Å². The molecular formula is C12H17BrClN3O. The van der Waals surface area contributed by atoms with E-state index in [0.29, 0.717) is 15.4 Å². The lowest BCUT2D eigenvalue weighted by molar-refractivity contribution is 0.0943. The van der Waals surface area contributed by atoms with E-state index >= 15 is 0 Å². The SMILES string of the molecule is OCC1(CNc2ncnc(Cl)c2Br)CCCCC1. The van der Waals surface area contributed by atoms with Crippen molar-refractivity contribution < 1.29 is 5.11 Å². The zero-order valence-corrected chi connectivity index (χ0v) is 12.5. The topological polar surface area (TPSA) is 58.0 Å². The van der Waals surface area contributed by atoms with Gasteiger partial charge in [0.05, 0.1) is 11.1 Å². The Morgan fingerprint density at radius 1 is 1.33 bits per heavy atom. The second kappa shape index (κ2) is 6.17. The monoisotopic (exact) mass is 333 g/mol. The number of rotatable bonds is 4. The van der Waals surface area contributed by atoms with Gasteiger partial charge in [-0.25, -0.2) is 9.97 Å². The van der Waals surface area contributed by atoms with Gasteiger partial charge in [0.1, 0.15) is 17.3 Å². The number of hydrogen-bond donors (Lipinski definition) is 2. The normalized spacial score (nSPS) is 18.6. The van der Waals surface area contributed by atoms with Crippen LogP contribution in [0.3, 0.4) is 0 Å². The lowest BCUT2D eigenvalue weighted by Gasteiger charge is -2.35. The van der Waals surface area contributed by atoms with Crippen LogP contribution in [0.25, 0.3) is 0 Å². The van der Waals surface area contributed by atoms with Crippen molar-refractivity contribution in [3.05, 3.63) is 16.0 Å². The fourth-order valence-corrected chi connectivity index (χ4v) is 2.91. The molecule has 2 rings (SSSR count). The van der Waals surface area contributed by atoms with E-state index in [4.69, 9.17) is 11.6 Å². The second-order valence-corrected chi connectivity index (χ2v) is 6.05. The average Bonchev–Trinajstić information content (AvgIpc) is 2.41. The Morgan fingerprint density at radius 2 is 2.06 bits per heavy atom. The largest absolute Gasteiger partial charge is 0.396 e. The van der Waals surface area contributed by atoms with E-state index in [9.17, 15) is 5.11 Å². The number of anilines is 1. The molecule has 0 atom stereocenters. The number of aliphatic hydroxyl groups is 1. The van der Waals surface area contributed by atoms with Crippen LogP contribution in [0.5, 0.6) is 0 Å². The number of aromatic nitrogens is 2. The summed E-state index contributed by atoms with van der Waals surface area (Å²) < 4.78 is 0.676. The summed E-state index contributed by atoms with van der Waals surface area (Å²) in [5.41, 5.74) is -0.0187. The lowest BCUT2D eigenvalue weighted by atomic mass is 9.74. The van der Waals surface area contributed by atoms with Gasteiger partial charge in [-0.3, -0.25) is 0 Å². The number of nitrogens with one attached hydrogen (secondary N) is 1. The molecule has 18 heavy (non-hydrogen) atoms. The zero-order valence-electron chi connectivity index (χ0n) is 10.1. The van der Waals surface area contributed by atoms with Crippen LogP contribution in [0.15, 0.2) is 10.8 Å². The third-order valence-electron chi connectivity index (χ3n) is 3.63. The van der Waals surface area contributed by atoms with Crippen molar-refractivity contribution in [2.24, 2.45) is 5.41 Å². The molecule has 1 heterocycles. The van der Waals surface area contributed by atoms with Crippen LogP contribution in [0.1, 0.15) is 32.1 Å². The smallest absolute Gasteiger partial charge is 0.148 e. The fourth-order valence-electron chi connectivity index (χ4n) is 2.44. The predicted molar refractivity (Wildman–Crippen MR) is 75.8 cm³/mol. The predicted octanol–water partition coefficient (Wildman–Crippen LogP) is 3.25. The minimum absolute atomic E-state index is 0.0187. The maximum absolute atomic E-state index is 9.63. The summed E-state index contributed by atoms with van der Waals surface area (Å²) >= 11 is 9.28. The van der Waals surface area contributed by atoms with Gasteiger partial charge in [0.15, 0.2) is 0 Å². The molecular weight excluding hydrogens is 318 g/mol. The van der Waals surface area contributed by atoms with Gasteiger partial charge in [0, 0.05) is 12.0 Å². The van der Waals surface area contributed by atoms with Crippen LogP contribution in [-0.2, 0) is 0 Å². The molecule has 0 saturated heterocycles. The Balaban J connectivity index is 2.03. The Kier molecular flexibility index (Phi) is 4.81. The van der Waals surface area contributed by atoms with E-state index in [2.05, 4.69) is 31.2 Å². The van der Waals surface area contributed by atoms with Gasteiger partial charge in [-0.05, 0) is 28.8 Å². The van der Waals surface area contributed by atoms with Crippen LogP contribution in [0.2, 0.25) is 5.15 Å². The third-order valence-corrected chi connectivity index (χ3v) is 4.89. The molecule has 1 aromatic heterocycles. The Bertz CT molecular complexity index is 410. The quantitative estimate of drug-likeness (QED) is 0.830. The summed E-state index contributed by atoms with van der Waals surface area (Å²) in [5.74, 6) is 0.688. The molecule has 100 valence electrons. The van der Waals surface area contributed by atoms with E-state index in [-0.39, 0.29) is 12.0 Å². The van der Waals surface area contributed by atoms with Gasteiger partial charge in [-0.15, -0.1) is 0 Å². The van der Waals surface area contributed by atoms with Gasteiger partial charge in [0.25, 0.3) is 0 Å². The summed E-state index contributed by atoms with van der Waals surface area (Å²) in [4.78, 5) is 8.04. The average molecular weight is 335 g/mol. The van der Waals surface area contributed by atoms with Gasteiger partial charge in [0.2, 0.25) is 0 Å². The molecule has 0 unspecified atom stereocenters. The molecule has 1 aliphatic rings. The lowest BCUT2D eigenvalue weighted by Crippen LogP contribution is -2.35. The van der Waals surface area contributed by atoms with Gasteiger partial charge in [-0.1, -0.05) is 30.9 Å². The Morgan fingerprint density at radius 3 is 2.72 bits per heavy atom. The van der Waals surface area contributed by atoms with Crippen LogP contribution in [-0.4, -0.2) is 28.2 Å².